The molecule has 0 aliphatic carbocycles. The van der Waals surface area contributed by atoms with Gasteiger partial charge in [0.05, 0.1) is 0 Å². The standard InChI is InChI=1S/C11H24N4O3S/c1-9(6-13-2)11(16)15-5-3-4-10(8-15)7-14-19(12,17)18/h9-10,13-14H,3-8H2,1-2H3,(H2,12,17,18). The number of carbonyl (C=O) groups excluding carboxylic acids is 1. The number of nitrogens with two attached hydrogens (primary N) is 1. The van der Waals surface area contributed by atoms with E-state index >= 15 is 0 Å². The Balaban J connectivity index is 2.47. The van der Waals surface area contributed by atoms with Gasteiger partial charge in [0.1, 0.15) is 0 Å². The van der Waals surface area contributed by atoms with Gasteiger partial charge in [0.25, 0.3) is 10.2 Å². The van der Waals surface area contributed by atoms with Crippen molar-refractivity contribution in [2.75, 3.05) is 33.2 Å². The van der Waals surface area contributed by atoms with Crippen LogP contribution < -0.4 is 15.2 Å². The van der Waals surface area contributed by atoms with E-state index in [1.165, 1.54) is 0 Å². The third-order valence-electron chi connectivity index (χ3n) is 3.34. The monoisotopic (exact) mass is 292 g/mol. The van der Waals surface area contributed by atoms with E-state index in [-0.39, 0.29) is 17.7 Å². The molecular formula is C11H24N4O3S. The number of likely N-dealkylation sites (tertiary alicyclic amines) is 1. The molecule has 0 aromatic heterocycles. The van der Waals surface area contributed by atoms with Crippen LogP contribution >= 0.6 is 0 Å². The first kappa shape index (κ1) is 16.4. The number of rotatable bonds is 6. The van der Waals surface area contributed by atoms with E-state index in [9.17, 15) is 13.2 Å². The Morgan fingerprint density at radius 3 is 2.79 bits per heavy atom. The number of nitrogens with zero attached hydrogens (tertiary/aromatic N) is 1. The average Bonchev–Trinajstić information content (AvgIpc) is 2.35. The van der Waals surface area contributed by atoms with Gasteiger partial charge in [-0.1, -0.05) is 6.92 Å². The second kappa shape index (κ2) is 7.18. The van der Waals surface area contributed by atoms with Crippen molar-refractivity contribution in [2.45, 2.75) is 19.8 Å². The fourth-order valence-corrected chi connectivity index (χ4v) is 2.84. The van der Waals surface area contributed by atoms with Gasteiger partial charge in [-0.25, -0.2) is 9.86 Å². The summed E-state index contributed by atoms with van der Waals surface area (Å²) in [7, 11) is -1.83. The maximum absolute atomic E-state index is 12.2. The topological polar surface area (TPSA) is 105 Å². The second-order valence-corrected chi connectivity index (χ2v) is 6.52. The smallest absolute Gasteiger partial charge is 0.274 e. The highest BCUT2D eigenvalue weighted by atomic mass is 32.2. The maximum Gasteiger partial charge on any atom is 0.274 e. The molecule has 112 valence electrons. The molecule has 0 aromatic carbocycles. The molecule has 2 atom stereocenters. The van der Waals surface area contributed by atoms with Crippen LogP contribution in [0.4, 0.5) is 0 Å². The normalized spacial score (nSPS) is 22.3. The van der Waals surface area contributed by atoms with Gasteiger partial charge in [0.2, 0.25) is 5.91 Å². The molecule has 0 radical (unpaired) electrons. The Morgan fingerprint density at radius 2 is 2.21 bits per heavy atom. The Kier molecular flexibility index (Phi) is 6.18. The molecule has 1 saturated heterocycles. The van der Waals surface area contributed by atoms with Crippen molar-refractivity contribution in [1.29, 1.82) is 0 Å². The highest BCUT2D eigenvalue weighted by molar-refractivity contribution is 7.87. The molecule has 1 rings (SSSR count). The number of hydrogen-bond acceptors (Lipinski definition) is 4. The summed E-state index contributed by atoms with van der Waals surface area (Å²) >= 11 is 0. The third kappa shape index (κ3) is 5.85. The van der Waals surface area contributed by atoms with Gasteiger partial charge in [0.15, 0.2) is 0 Å². The largest absolute Gasteiger partial charge is 0.342 e. The van der Waals surface area contributed by atoms with Crippen LogP contribution in [0.15, 0.2) is 0 Å². The van der Waals surface area contributed by atoms with E-state index in [4.69, 9.17) is 5.14 Å². The van der Waals surface area contributed by atoms with Crippen LogP contribution in [0.3, 0.4) is 0 Å². The lowest BCUT2D eigenvalue weighted by Gasteiger charge is -2.34. The second-order valence-electron chi connectivity index (χ2n) is 5.14. The molecule has 0 saturated carbocycles. The van der Waals surface area contributed by atoms with Crippen molar-refractivity contribution in [3.8, 4) is 0 Å². The van der Waals surface area contributed by atoms with Crippen LogP contribution in [-0.4, -0.2) is 52.5 Å². The molecule has 1 aliphatic rings. The van der Waals surface area contributed by atoms with Crippen molar-refractivity contribution in [3.05, 3.63) is 0 Å². The molecule has 2 unspecified atom stereocenters. The van der Waals surface area contributed by atoms with E-state index in [1.807, 2.05) is 18.9 Å². The van der Waals surface area contributed by atoms with Gasteiger partial charge in [-0.2, -0.15) is 8.42 Å². The summed E-state index contributed by atoms with van der Waals surface area (Å²) in [6, 6.07) is 0. The molecule has 8 heteroatoms. The zero-order chi connectivity index (χ0) is 14.5. The van der Waals surface area contributed by atoms with E-state index < -0.39 is 10.2 Å². The lowest BCUT2D eigenvalue weighted by molar-refractivity contribution is -0.136. The molecule has 7 nitrogen and oxygen atoms in total. The molecule has 0 aromatic rings. The van der Waals surface area contributed by atoms with Crippen molar-refractivity contribution in [1.82, 2.24) is 14.9 Å². The predicted molar refractivity (Wildman–Crippen MR) is 73.5 cm³/mol. The van der Waals surface area contributed by atoms with Crippen LogP contribution in [0.2, 0.25) is 0 Å². The molecule has 0 spiro atoms. The van der Waals surface area contributed by atoms with Gasteiger partial charge >= 0.3 is 0 Å². The van der Waals surface area contributed by atoms with Crippen LogP contribution in [-0.2, 0) is 15.0 Å². The minimum absolute atomic E-state index is 0.0602. The van der Waals surface area contributed by atoms with Gasteiger partial charge in [0, 0.05) is 32.1 Å². The molecule has 0 bridgehead atoms. The Morgan fingerprint density at radius 1 is 1.53 bits per heavy atom. The number of carbonyl (C=O) groups is 1. The van der Waals surface area contributed by atoms with Gasteiger partial charge in [-0.05, 0) is 25.8 Å². The van der Waals surface area contributed by atoms with Crippen molar-refractivity contribution in [3.63, 3.8) is 0 Å². The molecule has 1 aliphatic heterocycles. The van der Waals surface area contributed by atoms with E-state index in [0.717, 1.165) is 19.4 Å². The maximum atomic E-state index is 12.2. The summed E-state index contributed by atoms with van der Waals surface area (Å²) in [6.45, 7) is 4.18. The van der Waals surface area contributed by atoms with Crippen molar-refractivity contribution in [2.24, 2.45) is 17.0 Å². The number of piperidine rings is 1. The third-order valence-corrected chi connectivity index (χ3v) is 3.90. The Labute approximate surface area is 115 Å². The average molecular weight is 292 g/mol. The van der Waals surface area contributed by atoms with Gasteiger partial charge < -0.3 is 10.2 Å². The first-order chi connectivity index (χ1) is 8.83. The first-order valence-electron chi connectivity index (χ1n) is 6.54. The molecule has 4 N–H and O–H groups in total. The van der Waals surface area contributed by atoms with E-state index in [1.54, 1.807) is 0 Å². The van der Waals surface area contributed by atoms with Gasteiger partial charge in [-0.3, -0.25) is 4.79 Å². The lowest BCUT2D eigenvalue weighted by atomic mass is 9.97. The molecule has 1 heterocycles. The predicted octanol–water partition coefficient (Wildman–Crippen LogP) is -1.13. The summed E-state index contributed by atoms with van der Waals surface area (Å²) in [4.78, 5) is 14.0. The fraction of sp³-hybridized carbons (Fsp3) is 0.909. The minimum atomic E-state index is -3.65. The zero-order valence-corrected chi connectivity index (χ0v) is 12.4. The van der Waals surface area contributed by atoms with Crippen molar-refractivity contribution < 1.29 is 13.2 Å². The van der Waals surface area contributed by atoms with Crippen LogP contribution in [0.25, 0.3) is 0 Å². The van der Waals surface area contributed by atoms with Crippen LogP contribution in [0.1, 0.15) is 19.8 Å². The number of hydrogen-bond donors (Lipinski definition) is 3. The number of nitrogens with one attached hydrogen (secondary N) is 2. The summed E-state index contributed by atoms with van der Waals surface area (Å²) in [5.74, 6) is 0.197. The Hall–Kier alpha value is -0.700. The molecular weight excluding hydrogens is 268 g/mol. The molecule has 1 fully saturated rings. The molecule has 19 heavy (non-hydrogen) atoms. The van der Waals surface area contributed by atoms with E-state index in [0.29, 0.717) is 19.6 Å². The highest BCUT2D eigenvalue weighted by Crippen LogP contribution is 2.17. The quantitative estimate of drug-likeness (QED) is 0.576. The van der Waals surface area contributed by atoms with Gasteiger partial charge in [-0.15, -0.1) is 0 Å². The highest BCUT2D eigenvalue weighted by Gasteiger charge is 2.26. The summed E-state index contributed by atoms with van der Waals surface area (Å²) in [6.07, 6.45) is 1.81. The first-order valence-corrected chi connectivity index (χ1v) is 8.09. The Bertz CT molecular complexity index is 399. The van der Waals surface area contributed by atoms with Crippen LogP contribution in [0, 0.1) is 11.8 Å². The van der Waals surface area contributed by atoms with Crippen molar-refractivity contribution >= 4 is 16.1 Å². The summed E-state index contributed by atoms with van der Waals surface area (Å²) in [5.41, 5.74) is 0. The minimum Gasteiger partial charge on any atom is -0.342 e. The SMILES string of the molecule is CNCC(C)C(=O)N1CCCC(CNS(N)(=O)=O)C1. The van der Waals surface area contributed by atoms with Crippen LogP contribution in [0.5, 0.6) is 0 Å². The number of amides is 1. The summed E-state index contributed by atoms with van der Waals surface area (Å²) in [5, 5.41) is 7.90. The van der Waals surface area contributed by atoms with E-state index in [2.05, 4.69) is 10.0 Å². The summed E-state index contributed by atoms with van der Waals surface area (Å²) < 4.78 is 24.0. The fourth-order valence-electron chi connectivity index (χ4n) is 2.37. The molecule has 1 amide bonds. The lowest BCUT2D eigenvalue weighted by Crippen LogP contribution is -2.47. The zero-order valence-electron chi connectivity index (χ0n) is 11.6.